The first-order valence-electron chi connectivity index (χ1n) is 8.87. The highest BCUT2D eigenvalue weighted by molar-refractivity contribution is 5.76. The third kappa shape index (κ3) is 4.07. The molecule has 1 amide bonds. The Hall–Kier alpha value is -2.06. The highest BCUT2D eigenvalue weighted by Gasteiger charge is 2.25. The van der Waals surface area contributed by atoms with Gasteiger partial charge in [0, 0.05) is 38.3 Å². The molecular formula is C19H26N4O. The molecule has 5 nitrogen and oxygen atoms in total. The van der Waals surface area contributed by atoms with Crippen molar-refractivity contribution in [1.82, 2.24) is 9.80 Å². The number of hydrogen-bond donors (Lipinski definition) is 0. The van der Waals surface area contributed by atoms with Gasteiger partial charge in [-0.05, 0) is 63.2 Å². The van der Waals surface area contributed by atoms with Crippen molar-refractivity contribution in [3.63, 3.8) is 0 Å². The molecule has 0 N–H and O–H groups in total. The zero-order chi connectivity index (χ0) is 16.9. The lowest BCUT2D eigenvalue weighted by Gasteiger charge is -2.37. The minimum absolute atomic E-state index is 0.323. The highest BCUT2D eigenvalue weighted by atomic mass is 16.2. The molecule has 0 spiro atoms. The van der Waals surface area contributed by atoms with Gasteiger partial charge >= 0.3 is 0 Å². The zero-order valence-corrected chi connectivity index (χ0v) is 14.4. The van der Waals surface area contributed by atoms with E-state index in [1.165, 1.54) is 0 Å². The fraction of sp³-hybridized carbons (Fsp3) is 0.579. The molecule has 2 aliphatic heterocycles. The Kier molecular flexibility index (Phi) is 5.37. The number of hydrogen-bond acceptors (Lipinski definition) is 4. The molecule has 3 rings (SSSR count). The van der Waals surface area contributed by atoms with Crippen molar-refractivity contribution in [2.24, 2.45) is 5.92 Å². The predicted octanol–water partition coefficient (Wildman–Crippen LogP) is 1.94. The fourth-order valence-corrected chi connectivity index (χ4v) is 3.60. The second-order valence-corrected chi connectivity index (χ2v) is 6.98. The summed E-state index contributed by atoms with van der Waals surface area (Å²) >= 11 is 0. The molecule has 5 heteroatoms. The molecule has 0 saturated carbocycles. The van der Waals surface area contributed by atoms with Gasteiger partial charge in [0.05, 0.1) is 11.6 Å². The SMILES string of the molecule is CN1CCC(CC(=O)N2CCN(c3ccc(C#N)cc3)CC2)CC1. The molecule has 0 radical (unpaired) electrons. The van der Waals surface area contributed by atoms with Crippen LogP contribution in [0.4, 0.5) is 5.69 Å². The van der Waals surface area contributed by atoms with Gasteiger partial charge in [0.2, 0.25) is 5.91 Å². The van der Waals surface area contributed by atoms with Crippen LogP contribution < -0.4 is 4.90 Å². The zero-order valence-electron chi connectivity index (χ0n) is 14.4. The van der Waals surface area contributed by atoms with Crippen LogP contribution in [0, 0.1) is 17.2 Å². The van der Waals surface area contributed by atoms with Crippen molar-refractivity contribution in [2.75, 3.05) is 51.2 Å². The Balaban J connectivity index is 1.47. The molecule has 0 unspecified atom stereocenters. The smallest absolute Gasteiger partial charge is 0.222 e. The summed E-state index contributed by atoms with van der Waals surface area (Å²) in [5, 5.41) is 8.87. The molecule has 24 heavy (non-hydrogen) atoms. The third-order valence-electron chi connectivity index (χ3n) is 5.30. The lowest BCUT2D eigenvalue weighted by Crippen LogP contribution is -2.49. The average Bonchev–Trinajstić information content (AvgIpc) is 2.64. The first-order valence-corrected chi connectivity index (χ1v) is 8.87. The number of carbonyl (C=O) groups is 1. The van der Waals surface area contributed by atoms with Crippen LogP contribution in [0.5, 0.6) is 0 Å². The number of piperazine rings is 1. The molecule has 2 fully saturated rings. The molecule has 2 aliphatic rings. The Morgan fingerprint density at radius 2 is 1.71 bits per heavy atom. The van der Waals surface area contributed by atoms with Gasteiger partial charge in [-0.1, -0.05) is 0 Å². The molecule has 2 heterocycles. The number of nitrogens with zero attached hydrogens (tertiary/aromatic N) is 4. The summed E-state index contributed by atoms with van der Waals surface area (Å²) in [4.78, 5) is 19.2. The van der Waals surface area contributed by atoms with Crippen LogP contribution >= 0.6 is 0 Å². The topological polar surface area (TPSA) is 50.6 Å². The molecule has 0 aromatic heterocycles. The quantitative estimate of drug-likeness (QED) is 0.852. The van der Waals surface area contributed by atoms with Crippen molar-refractivity contribution in [3.8, 4) is 6.07 Å². The van der Waals surface area contributed by atoms with Gasteiger partial charge in [0.15, 0.2) is 0 Å². The van der Waals surface area contributed by atoms with Gasteiger partial charge in [0.1, 0.15) is 0 Å². The number of amides is 1. The van der Waals surface area contributed by atoms with Crippen LogP contribution in [0.25, 0.3) is 0 Å². The van der Waals surface area contributed by atoms with Crippen LogP contribution in [-0.2, 0) is 4.79 Å². The van der Waals surface area contributed by atoms with E-state index in [2.05, 4.69) is 22.9 Å². The molecule has 2 saturated heterocycles. The highest BCUT2D eigenvalue weighted by Crippen LogP contribution is 2.22. The van der Waals surface area contributed by atoms with Crippen LogP contribution in [0.2, 0.25) is 0 Å². The van der Waals surface area contributed by atoms with Crippen LogP contribution in [0.1, 0.15) is 24.8 Å². The number of likely N-dealkylation sites (tertiary alicyclic amines) is 1. The second-order valence-electron chi connectivity index (χ2n) is 6.98. The second kappa shape index (κ2) is 7.67. The summed E-state index contributed by atoms with van der Waals surface area (Å²) < 4.78 is 0. The van der Waals surface area contributed by atoms with Crippen molar-refractivity contribution in [1.29, 1.82) is 5.26 Å². The van der Waals surface area contributed by atoms with E-state index in [0.29, 0.717) is 23.8 Å². The molecule has 0 atom stereocenters. The van der Waals surface area contributed by atoms with E-state index >= 15 is 0 Å². The predicted molar refractivity (Wildman–Crippen MR) is 94.8 cm³/mol. The van der Waals surface area contributed by atoms with Gasteiger partial charge < -0.3 is 14.7 Å². The monoisotopic (exact) mass is 326 g/mol. The van der Waals surface area contributed by atoms with Crippen molar-refractivity contribution >= 4 is 11.6 Å². The van der Waals surface area contributed by atoms with Crippen molar-refractivity contribution in [3.05, 3.63) is 29.8 Å². The van der Waals surface area contributed by atoms with E-state index in [0.717, 1.165) is 57.8 Å². The van der Waals surface area contributed by atoms with E-state index in [1.807, 2.05) is 29.2 Å². The maximum atomic E-state index is 12.5. The lowest BCUT2D eigenvalue weighted by molar-refractivity contribution is -0.132. The Labute approximate surface area is 144 Å². The average molecular weight is 326 g/mol. The number of rotatable bonds is 3. The largest absolute Gasteiger partial charge is 0.368 e. The van der Waals surface area contributed by atoms with Crippen molar-refractivity contribution < 1.29 is 4.79 Å². The maximum absolute atomic E-state index is 12.5. The summed E-state index contributed by atoms with van der Waals surface area (Å²) in [5.74, 6) is 0.884. The van der Waals surface area contributed by atoms with Crippen LogP contribution in [-0.4, -0.2) is 62.0 Å². The fourth-order valence-electron chi connectivity index (χ4n) is 3.60. The molecule has 0 bridgehead atoms. The van der Waals surface area contributed by atoms with Gasteiger partial charge in [-0.15, -0.1) is 0 Å². The van der Waals surface area contributed by atoms with E-state index < -0.39 is 0 Å². The van der Waals surface area contributed by atoms with E-state index in [1.54, 1.807) is 0 Å². The number of piperidine rings is 1. The summed E-state index contributed by atoms with van der Waals surface area (Å²) in [7, 11) is 2.15. The molecule has 1 aromatic carbocycles. The van der Waals surface area contributed by atoms with Gasteiger partial charge in [-0.25, -0.2) is 0 Å². The first-order chi connectivity index (χ1) is 11.7. The number of anilines is 1. The summed E-state index contributed by atoms with van der Waals surface area (Å²) in [5.41, 5.74) is 1.82. The number of benzene rings is 1. The lowest BCUT2D eigenvalue weighted by atomic mass is 9.93. The standard InChI is InChI=1S/C19H26N4O/c1-21-8-6-16(7-9-21)14-19(24)23-12-10-22(11-13-23)18-4-2-17(15-20)3-5-18/h2-5,16H,6-14H2,1H3. The third-order valence-corrected chi connectivity index (χ3v) is 5.30. The normalized spacial score (nSPS) is 20.0. The number of carbonyl (C=O) groups excluding carboxylic acids is 1. The first kappa shape index (κ1) is 16.8. The Bertz CT molecular complexity index is 591. The molecule has 1 aromatic rings. The molecule has 128 valence electrons. The molecule has 0 aliphatic carbocycles. The minimum Gasteiger partial charge on any atom is -0.368 e. The Morgan fingerprint density at radius 1 is 1.08 bits per heavy atom. The van der Waals surface area contributed by atoms with Crippen molar-refractivity contribution in [2.45, 2.75) is 19.3 Å². The van der Waals surface area contributed by atoms with Crippen LogP contribution in [0.3, 0.4) is 0 Å². The summed E-state index contributed by atoms with van der Waals surface area (Å²) in [6.07, 6.45) is 3.01. The summed E-state index contributed by atoms with van der Waals surface area (Å²) in [6, 6.07) is 9.84. The molecular weight excluding hydrogens is 300 g/mol. The van der Waals surface area contributed by atoms with Gasteiger partial charge in [0.25, 0.3) is 0 Å². The number of nitriles is 1. The Morgan fingerprint density at radius 3 is 2.29 bits per heavy atom. The van der Waals surface area contributed by atoms with E-state index in [-0.39, 0.29) is 0 Å². The van der Waals surface area contributed by atoms with Gasteiger partial charge in [-0.3, -0.25) is 4.79 Å². The van der Waals surface area contributed by atoms with E-state index in [9.17, 15) is 4.79 Å². The van der Waals surface area contributed by atoms with E-state index in [4.69, 9.17) is 5.26 Å². The van der Waals surface area contributed by atoms with Crippen LogP contribution in [0.15, 0.2) is 24.3 Å². The van der Waals surface area contributed by atoms with Gasteiger partial charge in [-0.2, -0.15) is 5.26 Å². The summed E-state index contributed by atoms with van der Waals surface area (Å²) in [6.45, 7) is 5.56. The minimum atomic E-state index is 0.323. The maximum Gasteiger partial charge on any atom is 0.222 e.